The molecule has 0 aliphatic rings. The zero-order chi connectivity index (χ0) is 19.9. The topological polar surface area (TPSA) is 101 Å². The van der Waals surface area contributed by atoms with Gasteiger partial charge in [0.15, 0.2) is 0 Å². The van der Waals surface area contributed by atoms with E-state index in [1.807, 2.05) is 12.1 Å². The summed E-state index contributed by atoms with van der Waals surface area (Å²) in [4.78, 5) is 22.8. The number of amides is 1. The number of hydrogen-bond acceptors (Lipinski definition) is 5. The van der Waals surface area contributed by atoms with Crippen LogP contribution in [0.25, 0.3) is 11.3 Å². The molecule has 0 atom stereocenters. The molecular formula is C21H18N2O5. The molecule has 142 valence electrons. The zero-order valence-electron chi connectivity index (χ0n) is 15.1. The van der Waals surface area contributed by atoms with Crippen molar-refractivity contribution in [3.8, 4) is 17.1 Å². The van der Waals surface area contributed by atoms with Crippen LogP contribution in [-0.2, 0) is 11.2 Å². The number of carbonyl (C=O) groups is 2. The SMILES string of the molecule is COc1ccc(CC(=O)N/N=C/c2ccc(-c3ccc(C(=O)O)cc3)o2)cc1. The molecule has 1 aromatic heterocycles. The van der Waals surface area contributed by atoms with Gasteiger partial charge in [-0.05, 0) is 42.0 Å². The molecule has 0 aliphatic carbocycles. The lowest BCUT2D eigenvalue weighted by Gasteiger charge is -2.02. The maximum Gasteiger partial charge on any atom is 0.335 e. The third kappa shape index (κ3) is 4.85. The van der Waals surface area contributed by atoms with Crippen molar-refractivity contribution in [3.05, 3.63) is 77.6 Å². The molecule has 0 fully saturated rings. The lowest BCUT2D eigenvalue weighted by Crippen LogP contribution is -2.19. The van der Waals surface area contributed by atoms with Crippen molar-refractivity contribution < 1.29 is 23.8 Å². The summed E-state index contributed by atoms with van der Waals surface area (Å²) in [6.45, 7) is 0. The predicted molar refractivity (Wildman–Crippen MR) is 104 cm³/mol. The molecule has 1 amide bonds. The number of aromatic carboxylic acids is 1. The molecule has 7 heteroatoms. The number of nitrogens with one attached hydrogen (secondary N) is 1. The van der Waals surface area contributed by atoms with Crippen LogP contribution < -0.4 is 10.2 Å². The molecular weight excluding hydrogens is 360 g/mol. The zero-order valence-corrected chi connectivity index (χ0v) is 15.1. The van der Waals surface area contributed by atoms with E-state index in [0.717, 1.165) is 16.9 Å². The van der Waals surface area contributed by atoms with Crippen molar-refractivity contribution in [2.75, 3.05) is 7.11 Å². The minimum atomic E-state index is -0.982. The summed E-state index contributed by atoms with van der Waals surface area (Å²) in [5.41, 5.74) is 4.25. The first-order valence-electron chi connectivity index (χ1n) is 8.43. The first-order chi connectivity index (χ1) is 13.5. The van der Waals surface area contributed by atoms with Crippen LogP contribution in [0.5, 0.6) is 5.75 Å². The van der Waals surface area contributed by atoms with E-state index >= 15 is 0 Å². The smallest absolute Gasteiger partial charge is 0.335 e. The van der Waals surface area contributed by atoms with E-state index in [1.54, 1.807) is 43.5 Å². The average Bonchev–Trinajstić information content (AvgIpc) is 3.17. The highest BCUT2D eigenvalue weighted by Gasteiger charge is 2.07. The summed E-state index contributed by atoms with van der Waals surface area (Å²) in [6.07, 6.45) is 1.60. The Morgan fingerprint density at radius 1 is 1.07 bits per heavy atom. The minimum Gasteiger partial charge on any atom is -0.497 e. The fraction of sp³-hybridized carbons (Fsp3) is 0.0952. The van der Waals surface area contributed by atoms with Gasteiger partial charge < -0.3 is 14.3 Å². The lowest BCUT2D eigenvalue weighted by molar-refractivity contribution is -0.120. The molecule has 0 saturated heterocycles. The number of hydrogen-bond donors (Lipinski definition) is 2. The molecule has 0 saturated carbocycles. The summed E-state index contributed by atoms with van der Waals surface area (Å²) < 4.78 is 10.7. The molecule has 7 nitrogen and oxygen atoms in total. The van der Waals surface area contributed by atoms with Gasteiger partial charge in [-0.3, -0.25) is 4.79 Å². The molecule has 0 aliphatic heterocycles. The Morgan fingerprint density at radius 3 is 2.43 bits per heavy atom. The lowest BCUT2D eigenvalue weighted by atomic mass is 10.1. The van der Waals surface area contributed by atoms with Gasteiger partial charge in [0.25, 0.3) is 0 Å². The molecule has 3 aromatic rings. The summed E-state index contributed by atoms with van der Waals surface area (Å²) in [7, 11) is 1.58. The van der Waals surface area contributed by atoms with Gasteiger partial charge in [0, 0.05) is 5.56 Å². The number of hydrazone groups is 1. The van der Waals surface area contributed by atoms with Gasteiger partial charge in [-0.2, -0.15) is 5.10 Å². The van der Waals surface area contributed by atoms with Crippen LogP contribution in [0.4, 0.5) is 0 Å². The van der Waals surface area contributed by atoms with Gasteiger partial charge in [0.1, 0.15) is 17.3 Å². The van der Waals surface area contributed by atoms with E-state index in [-0.39, 0.29) is 17.9 Å². The number of methoxy groups -OCH3 is 1. The second kappa shape index (κ2) is 8.68. The van der Waals surface area contributed by atoms with Gasteiger partial charge in [-0.25, -0.2) is 10.2 Å². The van der Waals surface area contributed by atoms with Crippen LogP contribution in [0, 0.1) is 0 Å². The second-order valence-corrected chi connectivity index (χ2v) is 5.90. The van der Waals surface area contributed by atoms with Gasteiger partial charge in [-0.1, -0.05) is 24.3 Å². The summed E-state index contributed by atoms with van der Waals surface area (Å²) in [6, 6.07) is 17.0. The number of rotatable bonds is 7. The van der Waals surface area contributed by atoms with E-state index in [9.17, 15) is 9.59 Å². The quantitative estimate of drug-likeness (QED) is 0.485. The van der Waals surface area contributed by atoms with Crippen LogP contribution in [0.2, 0.25) is 0 Å². The Kier molecular flexibility index (Phi) is 5.86. The largest absolute Gasteiger partial charge is 0.497 e. The molecule has 2 aromatic carbocycles. The normalized spacial score (nSPS) is 10.8. The van der Waals surface area contributed by atoms with Crippen molar-refractivity contribution in [1.82, 2.24) is 5.43 Å². The monoisotopic (exact) mass is 378 g/mol. The number of ether oxygens (including phenoxy) is 1. The van der Waals surface area contributed by atoms with E-state index in [2.05, 4.69) is 10.5 Å². The summed E-state index contributed by atoms with van der Waals surface area (Å²) in [5.74, 6) is 0.528. The third-order valence-electron chi connectivity index (χ3n) is 3.95. The third-order valence-corrected chi connectivity index (χ3v) is 3.95. The van der Waals surface area contributed by atoms with Crippen LogP contribution in [0.1, 0.15) is 21.7 Å². The highest BCUT2D eigenvalue weighted by atomic mass is 16.5. The van der Waals surface area contributed by atoms with E-state index in [1.165, 1.54) is 18.3 Å². The van der Waals surface area contributed by atoms with Crippen LogP contribution in [0.3, 0.4) is 0 Å². The highest BCUT2D eigenvalue weighted by Crippen LogP contribution is 2.22. The highest BCUT2D eigenvalue weighted by molar-refractivity contribution is 5.88. The summed E-state index contributed by atoms with van der Waals surface area (Å²) in [5, 5.41) is 12.8. The number of furan rings is 1. The second-order valence-electron chi connectivity index (χ2n) is 5.90. The Balaban J connectivity index is 1.55. The Hall–Kier alpha value is -3.87. The standard InChI is InChI=1S/C21H18N2O5/c1-27-17-8-2-14(3-9-17)12-20(24)23-22-13-18-10-11-19(28-18)15-4-6-16(7-5-15)21(25)26/h2-11,13H,12H2,1H3,(H,23,24)(H,25,26)/b22-13+. The minimum absolute atomic E-state index is 0.195. The van der Waals surface area contributed by atoms with Crippen LogP contribution in [0.15, 0.2) is 70.2 Å². The molecule has 3 rings (SSSR count). The van der Waals surface area contributed by atoms with E-state index < -0.39 is 5.97 Å². The Morgan fingerprint density at radius 2 is 1.79 bits per heavy atom. The molecule has 0 unspecified atom stereocenters. The molecule has 1 heterocycles. The van der Waals surface area contributed by atoms with Gasteiger partial charge >= 0.3 is 5.97 Å². The number of benzene rings is 2. The number of carboxylic acids is 1. The molecule has 0 bridgehead atoms. The first kappa shape index (κ1) is 18.9. The molecule has 2 N–H and O–H groups in total. The fourth-order valence-corrected chi connectivity index (χ4v) is 2.49. The van der Waals surface area contributed by atoms with Gasteiger partial charge in [-0.15, -0.1) is 0 Å². The van der Waals surface area contributed by atoms with E-state index in [0.29, 0.717) is 11.5 Å². The molecule has 28 heavy (non-hydrogen) atoms. The van der Waals surface area contributed by atoms with Crippen molar-refractivity contribution in [2.24, 2.45) is 5.10 Å². The van der Waals surface area contributed by atoms with Gasteiger partial charge in [0.2, 0.25) is 5.91 Å². The van der Waals surface area contributed by atoms with Crippen molar-refractivity contribution in [2.45, 2.75) is 6.42 Å². The Labute approximate surface area is 161 Å². The van der Waals surface area contributed by atoms with Crippen molar-refractivity contribution >= 4 is 18.1 Å². The van der Waals surface area contributed by atoms with Crippen LogP contribution >= 0.6 is 0 Å². The predicted octanol–water partition coefficient (Wildman–Crippen LogP) is 3.35. The molecule has 0 radical (unpaired) electrons. The number of carboxylic acid groups (broad SMARTS) is 1. The summed E-state index contributed by atoms with van der Waals surface area (Å²) >= 11 is 0. The van der Waals surface area contributed by atoms with E-state index in [4.69, 9.17) is 14.3 Å². The van der Waals surface area contributed by atoms with Crippen molar-refractivity contribution in [1.29, 1.82) is 0 Å². The van der Waals surface area contributed by atoms with Gasteiger partial charge in [0.05, 0.1) is 25.3 Å². The number of carbonyl (C=O) groups excluding carboxylic acids is 1. The Bertz CT molecular complexity index is 988. The number of nitrogens with zero attached hydrogens (tertiary/aromatic N) is 1. The average molecular weight is 378 g/mol. The fourth-order valence-electron chi connectivity index (χ4n) is 2.49. The maximum absolute atomic E-state index is 11.9. The molecule has 0 spiro atoms. The maximum atomic E-state index is 11.9. The first-order valence-corrected chi connectivity index (χ1v) is 8.43. The van der Waals surface area contributed by atoms with Crippen molar-refractivity contribution in [3.63, 3.8) is 0 Å². The van der Waals surface area contributed by atoms with Crippen LogP contribution in [-0.4, -0.2) is 30.3 Å².